The number of benzene rings is 3. The van der Waals surface area contributed by atoms with Crippen LogP contribution in [0.4, 0.5) is 26.6 Å². The SMILES string of the molecule is COCCN1C[C@@H](NC(=O)Nc2c(C)c(-c3cnc(N4CCN(C(=O)CCCCCNc5cccc6c5C(=O)N(C5CCC(=O)NC5=O)C6=O)CC4)nc3)nn2-c2ccccc2)[C@H](c2cccc(F)c2)C1. The normalized spacial score (nSPS) is 19.3. The van der Waals surface area contributed by atoms with Gasteiger partial charge in [0.25, 0.3) is 11.8 Å². The average molecular weight is 969 g/mol. The largest absolute Gasteiger partial charge is 0.384 e. The third-order valence-electron chi connectivity index (χ3n) is 13.6. The number of likely N-dealkylation sites (tertiary alicyclic amines) is 1. The Hall–Kier alpha value is -7.58. The van der Waals surface area contributed by atoms with Gasteiger partial charge in [-0.05, 0) is 68.1 Å². The summed E-state index contributed by atoms with van der Waals surface area (Å²) < 4.78 is 21.3. The number of hydrogen-bond donors (Lipinski definition) is 4. The molecular formula is C51H57FN12O7. The maximum absolute atomic E-state index is 14.3. The van der Waals surface area contributed by atoms with E-state index in [1.165, 1.54) is 12.1 Å². The molecule has 0 bridgehead atoms. The van der Waals surface area contributed by atoms with Gasteiger partial charge in [-0.15, -0.1) is 0 Å². The van der Waals surface area contributed by atoms with E-state index in [0.717, 1.165) is 29.0 Å². The highest BCUT2D eigenvalue weighted by Crippen LogP contribution is 2.34. The first-order chi connectivity index (χ1) is 34.5. The summed E-state index contributed by atoms with van der Waals surface area (Å²) in [6.45, 7) is 7.02. The molecule has 370 valence electrons. The van der Waals surface area contributed by atoms with E-state index in [9.17, 15) is 33.2 Å². The van der Waals surface area contributed by atoms with Crippen LogP contribution in [0, 0.1) is 12.7 Å². The van der Waals surface area contributed by atoms with Gasteiger partial charge < -0.3 is 25.2 Å². The van der Waals surface area contributed by atoms with Crippen molar-refractivity contribution in [3.05, 3.63) is 113 Å². The van der Waals surface area contributed by atoms with Crippen LogP contribution in [-0.2, 0) is 19.1 Å². The van der Waals surface area contributed by atoms with Gasteiger partial charge in [0, 0.05) is 107 Å². The van der Waals surface area contributed by atoms with Crippen LogP contribution >= 0.6 is 0 Å². The lowest BCUT2D eigenvalue weighted by molar-refractivity contribution is -0.136. The summed E-state index contributed by atoms with van der Waals surface area (Å²) in [6, 6.07) is 19.3. The molecule has 9 rings (SSSR count). The van der Waals surface area contributed by atoms with Crippen molar-refractivity contribution in [3.63, 3.8) is 0 Å². The number of fused-ring (bicyclic) bond motifs is 1. The number of anilines is 3. The lowest BCUT2D eigenvalue weighted by atomic mass is 9.94. The molecule has 1 unspecified atom stereocenters. The predicted octanol–water partition coefficient (Wildman–Crippen LogP) is 4.74. The van der Waals surface area contributed by atoms with E-state index in [1.807, 2.05) is 53.1 Å². The highest BCUT2D eigenvalue weighted by molar-refractivity contribution is 6.25. The number of urea groups is 1. The molecule has 71 heavy (non-hydrogen) atoms. The summed E-state index contributed by atoms with van der Waals surface area (Å²) in [4.78, 5) is 94.3. The monoisotopic (exact) mass is 968 g/mol. The highest BCUT2D eigenvalue weighted by Gasteiger charge is 2.45. The number of imide groups is 2. The van der Waals surface area contributed by atoms with Crippen molar-refractivity contribution in [1.29, 1.82) is 0 Å². The van der Waals surface area contributed by atoms with Crippen molar-refractivity contribution in [2.24, 2.45) is 0 Å². The Kier molecular flexibility index (Phi) is 14.7. The molecule has 3 fully saturated rings. The molecule has 6 heterocycles. The van der Waals surface area contributed by atoms with E-state index in [-0.39, 0.29) is 47.7 Å². The molecule has 19 nitrogen and oxygen atoms in total. The van der Waals surface area contributed by atoms with E-state index < -0.39 is 35.7 Å². The second kappa shape index (κ2) is 21.6. The summed E-state index contributed by atoms with van der Waals surface area (Å²) in [5.41, 5.74) is 4.48. The lowest BCUT2D eigenvalue weighted by Crippen LogP contribution is -2.54. The van der Waals surface area contributed by atoms with Gasteiger partial charge in [0.2, 0.25) is 23.7 Å². The van der Waals surface area contributed by atoms with Gasteiger partial charge in [0.15, 0.2) is 0 Å². The van der Waals surface area contributed by atoms with Crippen molar-refractivity contribution in [1.82, 2.24) is 45.1 Å². The Morgan fingerprint density at radius 1 is 0.887 bits per heavy atom. The van der Waals surface area contributed by atoms with Crippen molar-refractivity contribution in [2.45, 2.75) is 63.5 Å². The minimum absolute atomic E-state index is 0.0517. The van der Waals surface area contributed by atoms with Crippen LogP contribution in [0.1, 0.15) is 76.3 Å². The summed E-state index contributed by atoms with van der Waals surface area (Å²) in [5.74, 6) is -1.55. The molecule has 2 aromatic heterocycles. The van der Waals surface area contributed by atoms with E-state index in [0.29, 0.717) is 106 Å². The van der Waals surface area contributed by atoms with Gasteiger partial charge >= 0.3 is 6.03 Å². The number of carbonyl (C=O) groups excluding carboxylic acids is 6. The minimum atomic E-state index is -1.03. The van der Waals surface area contributed by atoms with Crippen molar-refractivity contribution < 1.29 is 37.9 Å². The summed E-state index contributed by atoms with van der Waals surface area (Å²) in [5, 5.41) is 16.7. The molecule has 0 saturated carbocycles. The van der Waals surface area contributed by atoms with Gasteiger partial charge in [-0.3, -0.25) is 44.4 Å². The first-order valence-corrected chi connectivity index (χ1v) is 24.1. The zero-order valence-corrected chi connectivity index (χ0v) is 39.7. The molecule has 3 atom stereocenters. The quantitative estimate of drug-likeness (QED) is 0.0733. The van der Waals surface area contributed by atoms with Crippen LogP contribution in [-0.4, -0.2) is 148 Å². The Labute approximate surface area is 410 Å². The molecule has 5 aromatic rings. The molecule has 0 radical (unpaired) electrons. The zero-order valence-electron chi connectivity index (χ0n) is 39.7. The third kappa shape index (κ3) is 10.6. The minimum Gasteiger partial charge on any atom is -0.384 e. The number of methoxy groups -OCH3 is 1. The maximum atomic E-state index is 14.3. The lowest BCUT2D eigenvalue weighted by Gasteiger charge is -2.34. The summed E-state index contributed by atoms with van der Waals surface area (Å²) in [7, 11) is 1.65. The number of unbranched alkanes of at least 4 members (excludes halogenated alkanes) is 2. The predicted molar refractivity (Wildman–Crippen MR) is 262 cm³/mol. The molecule has 7 amide bonds. The standard InChI is InChI=1S/C51H57FN12O7/c1-32-45(59-64(36-13-5-3-6-14-36)46(32)58-51(70)56-40-31-60(25-26-71-2)30-38(40)33-11-9-12-35(52)27-33)34-28-54-50(55-29-34)62-23-21-61(22-24-62)43(66)17-7-4-8-20-53-39-16-10-15-37-44(39)49(69)63(48(37)68)41-18-19-42(65)57-47(41)67/h3,5-6,9-16,27-29,38,40-41,53H,4,7-8,17-26,30-31H2,1-2H3,(H2,56,58,70)(H,57,65,67)/t38-,40+,41?/m0/s1. The van der Waals surface area contributed by atoms with E-state index >= 15 is 0 Å². The topological polar surface area (TPSA) is 216 Å². The van der Waals surface area contributed by atoms with Crippen LogP contribution in [0.25, 0.3) is 16.9 Å². The van der Waals surface area contributed by atoms with Crippen LogP contribution in [0.2, 0.25) is 0 Å². The first kappa shape index (κ1) is 48.4. The molecule has 3 aromatic carbocycles. The fourth-order valence-electron chi connectivity index (χ4n) is 9.88. The number of nitrogens with zero attached hydrogens (tertiary/aromatic N) is 8. The number of aromatic nitrogens is 4. The van der Waals surface area contributed by atoms with Crippen molar-refractivity contribution in [2.75, 3.05) is 81.6 Å². The third-order valence-corrected chi connectivity index (χ3v) is 13.6. The Bertz CT molecular complexity index is 2800. The molecule has 4 N–H and O–H groups in total. The number of amides is 7. The molecule has 0 aliphatic carbocycles. The second-order valence-electron chi connectivity index (χ2n) is 18.2. The van der Waals surface area contributed by atoms with Crippen LogP contribution in [0.15, 0.2) is 85.2 Å². The van der Waals surface area contributed by atoms with Crippen LogP contribution in [0.3, 0.4) is 0 Å². The Balaban J connectivity index is 0.761. The van der Waals surface area contributed by atoms with Gasteiger partial charge in [-0.2, -0.15) is 5.10 Å². The Morgan fingerprint density at radius 3 is 2.41 bits per heavy atom. The molecule has 0 spiro atoms. The molecule has 4 aliphatic heterocycles. The van der Waals surface area contributed by atoms with Gasteiger partial charge in [-0.1, -0.05) is 42.8 Å². The average Bonchev–Trinajstić information content (AvgIpc) is 4.02. The van der Waals surface area contributed by atoms with Crippen LogP contribution < -0.4 is 26.2 Å². The zero-order chi connectivity index (χ0) is 49.6. The molecular weight excluding hydrogens is 912 g/mol. The number of hydrogen-bond acceptors (Lipinski definition) is 13. The smallest absolute Gasteiger partial charge is 0.320 e. The number of rotatable bonds is 17. The number of ether oxygens (including phenoxy) is 1. The van der Waals surface area contributed by atoms with E-state index in [4.69, 9.17) is 19.8 Å². The summed E-state index contributed by atoms with van der Waals surface area (Å²) in [6.07, 6.45) is 6.16. The maximum Gasteiger partial charge on any atom is 0.320 e. The molecule has 20 heteroatoms. The van der Waals surface area contributed by atoms with Crippen molar-refractivity contribution >= 4 is 53.0 Å². The van der Waals surface area contributed by atoms with Crippen molar-refractivity contribution in [3.8, 4) is 16.9 Å². The number of piperazine rings is 1. The van der Waals surface area contributed by atoms with Gasteiger partial charge in [0.1, 0.15) is 23.4 Å². The Morgan fingerprint density at radius 2 is 1.66 bits per heavy atom. The number of halogens is 1. The summed E-state index contributed by atoms with van der Waals surface area (Å²) >= 11 is 0. The fraction of sp³-hybridized carbons (Fsp3) is 0.392. The van der Waals surface area contributed by atoms with Gasteiger partial charge in [0.05, 0.1) is 29.5 Å². The van der Waals surface area contributed by atoms with E-state index in [2.05, 4.69) is 26.2 Å². The fourth-order valence-corrected chi connectivity index (χ4v) is 9.88. The van der Waals surface area contributed by atoms with Gasteiger partial charge in [-0.25, -0.2) is 23.8 Å². The number of para-hydroxylation sites is 1. The number of piperidine rings is 1. The highest BCUT2D eigenvalue weighted by atomic mass is 19.1. The molecule has 3 saturated heterocycles. The first-order valence-electron chi connectivity index (χ1n) is 24.1. The molecule has 4 aliphatic rings. The number of carbonyl (C=O) groups is 6. The number of nitrogens with one attached hydrogen (secondary N) is 4. The second-order valence-corrected chi connectivity index (χ2v) is 18.2. The van der Waals surface area contributed by atoms with Crippen LogP contribution in [0.5, 0.6) is 0 Å². The van der Waals surface area contributed by atoms with E-state index in [1.54, 1.807) is 48.5 Å².